The summed E-state index contributed by atoms with van der Waals surface area (Å²) in [5.74, 6) is 0.975. The third-order valence-corrected chi connectivity index (χ3v) is 4.11. The maximum absolute atomic E-state index is 5.49. The summed E-state index contributed by atoms with van der Waals surface area (Å²) < 4.78 is 5.49. The summed E-state index contributed by atoms with van der Waals surface area (Å²) in [6, 6.07) is 12.6. The molecule has 0 bridgehead atoms. The molecule has 2 nitrogen and oxygen atoms in total. The van der Waals surface area contributed by atoms with Crippen molar-refractivity contribution in [3.63, 3.8) is 0 Å². The van der Waals surface area contributed by atoms with E-state index in [1.54, 1.807) is 7.11 Å². The Morgan fingerprint density at radius 3 is 2.43 bits per heavy atom. The minimum Gasteiger partial charge on any atom is -0.496 e. The van der Waals surface area contributed by atoms with Crippen molar-refractivity contribution in [2.45, 2.75) is 33.9 Å². The van der Waals surface area contributed by atoms with Gasteiger partial charge in [-0.3, -0.25) is 4.90 Å². The van der Waals surface area contributed by atoms with Crippen LogP contribution < -0.4 is 4.74 Å². The Bertz CT molecular complexity index is 543. The third kappa shape index (κ3) is 5.18. The minimum absolute atomic E-state index is 0.277. The molecular formula is C18H25NOS. The van der Waals surface area contributed by atoms with Crippen LogP contribution >= 0.6 is 11.3 Å². The number of benzene rings is 1. The van der Waals surface area contributed by atoms with E-state index in [0.29, 0.717) is 0 Å². The third-order valence-electron chi connectivity index (χ3n) is 3.24. The molecular weight excluding hydrogens is 278 g/mol. The topological polar surface area (TPSA) is 12.5 Å². The molecule has 0 atom stereocenters. The van der Waals surface area contributed by atoms with Crippen LogP contribution in [0.25, 0.3) is 0 Å². The Kier molecular flexibility index (Phi) is 5.43. The maximum atomic E-state index is 5.49. The number of hydrogen-bond acceptors (Lipinski definition) is 3. The van der Waals surface area contributed by atoms with Gasteiger partial charge in [0.1, 0.15) is 5.75 Å². The number of methoxy groups -OCH3 is 1. The van der Waals surface area contributed by atoms with Crippen molar-refractivity contribution in [3.05, 3.63) is 52.2 Å². The fourth-order valence-corrected chi connectivity index (χ4v) is 3.28. The van der Waals surface area contributed by atoms with E-state index in [0.717, 1.165) is 25.4 Å². The van der Waals surface area contributed by atoms with Gasteiger partial charge in [-0.05, 0) is 22.9 Å². The van der Waals surface area contributed by atoms with Crippen LogP contribution in [0.5, 0.6) is 5.75 Å². The normalized spacial score (nSPS) is 11.9. The maximum Gasteiger partial charge on any atom is 0.123 e. The predicted molar refractivity (Wildman–Crippen MR) is 90.9 cm³/mol. The highest BCUT2D eigenvalue weighted by molar-refractivity contribution is 7.09. The minimum atomic E-state index is 0.277. The van der Waals surface area contributed by atoms with Crippen LogP contribution in [0.1, 0.15) is 31.2 Å². The molecule has 0 spiro atoms. The number of ether oxygens (including phenoxy) is 1. The second kappa shape index (κ2) is 7.10. The van der Waals surface area contributed by atoms with Gasteiger partial charge in [0.15, 0.2) is 0 Å². The lowest BCUT2D eigenvalue weighted by molar-refractivity contribution is 0.176. The molecule has 0 radical (unpaired) electrons. The molecule has 21 heavy (non-hydrogen) atoms. The lowest BCUT2D eigenvalue weighted by Gasteiger charge is -2.30. The second-order valence-electron chi connectivity index (χ2n) is 6.60. The Morgan fingerprint density at radius 1 is 1.05 bits per heavy atom. The molecule has 1 aromatic heterocycles. The summed E-state index contributed by atoms with van der Waals surface area (Å²) in [4.78, 5) is 3.91. The first kappa shape index (κ1) is 16.1. The molecule has 0 unspecified atom stereocenters. The van der Waals surface area contributed by atoms with Gasteiger partial charge in [0.25, 0.3) is 0 Å². The van der Waals surface area contributed by atoms with E-state index in [1.165, 1.54) is 10.4 Å². The fourth-order valence-electron chi connectivity index (χ4n) is 2.54. The van der Waals surface area contributed by atoms with E-state index in [1.807, 2.05) is 23.5 Å². The summed E-state index contributed by atoms with van der Waals surface area (Å²) in [5.41, 5.74) is 1.53. The van der Waals surface area contributed by atoms with Crippen LogP contribution in [0.4, 0.5) is 0 Å². The summed E-state index contributed by atoms with van der Waals surface area (Å²) in [5, 5.41) is 2.15. The summed E-state index contributed by atoms with van der Waals surface area (Å²) in [7, 11) is 1.74. The van der Waals surface area contributed by atoms with Crippen molar-refractivity contribution in [2.75, 3.05) is 13.7 Å². The van der Waals surface area contributed by atoms with E-state index in [4.69, 9.17) is 4.74 Å². The van der Waals surface area contributed by atoms with E-state index >= 15 is 0 Å². The lowest BCUT2D eigenvalue weighted by Crippen LogP contribution is -2.31. The first-order valence-electron chi connectivity index (χ1n) is 7.34. The largest absolute Gasteiger partial charge is 0.496 e. The molecule has 3 heteroatoms. The number of para-hydroxylation sites is 1. The predicted octanol–water partition coefficient (Wildman–Crippen LogP) is 4.81. The van der Waals surface area contributed by atoms with Gasteiger partial charge in [0.05, 0.1) is 7.11 Å². The van der Waals surface area contributed by atoms with Crippen molar-refractivity contribution in [2.24, 2.45) is 5.41 Å². The molecule has 0 aliphatic rings. The molecule has 1 heterocycles. The lowest BCUT2D eigenvalue weighted by atomic mass is 9.95. The van der Waals surface area contributed by atoms with E-state index in [2.05, 4.69) is 55.3 Å². The SMILES string of the molecule is COc1ccccc1CN(Cc1cccs1)CC(C)(C)C. The van der Waals surface area contributed by atoms with Gasteiger partial charge in [0, 0.05) is 30.1 Å². The van der Waals surface area contributed by atoms with Crippen molar-refractivity contribution < 1.29 is 4.74 Å². The average molecular weight is 303 g/mol. The van der Waals surface area contributed by atoms with Gasteiger partial charge in [0.2, 0.25) is 0 Å². The molecule has 2 aromatic rings. The van der Waals surface area contributed by atoms with Crippen molar-refractivity contribution in [1.82, 2.24) is 4.90 Å². The number of hydrogen-bond donors (Lipinski definition) is 0. The Balaban J connectivity index is 2.14. The van der Waals surface area contributed by atoms with Crippen LogP contribution in [0.15, 0.2) is 41.8 Å². The molecule has 0 N–H and O–H groups in total. The number of rotatable bonds is 6. The monoisotopic (exact) mass is 303 g/mol. The second-order valence-corrected chi connectivity index (χ2v) is 7.63. The molecule has 0 saturated heterocycles. The number of thiophene rings is 1. The zero-order valence-electron chi connectivity index (χ0n) is 13.4. The van der Waals surface area contributed by atoms with Gasteiger partial charge in [-0.1, -0.05) is 45.0 Å². The summed E-state index contributed by atoms with van der Waals surface area (Å²) in [6.45, 7) is 9.83. The Labute approximate surface area is 132 Å². The smallest absolute Gasteiger partial charge is 0.123 e. The fraction of sp³-hybridized carbons (Fsp3) is 0.444. The van der Waals surface area contributed by atoms with Gasteiger partial charge < -0.3 is 4.74 Å². The van der Waals surface area contributed by atoms with Gasteiger partial charge in [-0.25, -0.2) is 0 Å². The van der Waals surface area contributed by atoms with Crippen molar-refractivity contribution >= 4 is 11.3 Å². The first-order chi connectivity index (χ1) is 9.98. The highest BCUT2D eigenvalue weighted by atomic mass is 32.1. The van der Waals surface area contributed by atoms with Crippen LogP contribution in [0.2, 0.25) is 0 Å². The van der Waals surface area contributed by atoms with Gasteiger partial charge >= 0.3 is 0 Å². The van der Waals surface area contributed by atoms with Gasteiger partial charge in [-0.15, -0.1) is 11.3 Å². The van der Waals surface area contributed by atoms with Gasteiger partial charge in [-0.2, -0.15) is 0 Å². The molecule has 1 aromatic carbocycles. The van der Waals surface area contributed by atoms with Crippen molar-refractivity contribution in [1.29, 1.82) is 0 Å². The quantitative estimate of drug-likeness (QED) is 0.759. The van der Waals surface area contributed by atoms with Crippen LogP contribution in [0.3, 0.4) is 0 Å². The van der Waals surface area contributed by atoms with E-state index in [-0.39, 0.29) is 5.41 Å². The summed E-state index contributed by atoms with van der Waals surface area (Å²) >= 11 is 1.82. The molecule has 0 amide bonds. The highest BCUT2D eigenvalue weighted by Crippen LogP contribution is 2.24. The standard InChI is InChI=1S/C18H25NOS/c1-18(2,3)14-19(13-16-9-7-11-21-16)12-15-8-5-6-10-17(15)20-4/h5-11H,12-14H2,1-4H3. The molecule has 114 valence electrons. The molecule has 0 aliphatic heterocycles. The van der Waals surface area contributed by atoms with Crippen molar-refractivity contribution in [3.8, 4) is 5.75 Å². The average Bonchev–Trinajstić information content (AvgIpc) is 2.90. The zero-order valence-corrected chi connectivity index (χ0v) is 14.2. The van der Waals surface area contributed by atoms with Crippen LogP contribution in [0, 0.1) is 5.41 Å². The zero-order chi connectivity index (χ0) is 15.3. The Hall–Kier alpha value is -1.32. The molecule has 0 fully saturated rings. The van der Waals surface area contributed by atoms with E-state index in [9.17, 15) is 0 Å². The Morgan fingerprint density at radius 2 is 1.81 bits per heavy atom. The number of nitrogens with zero attached hydrogens (tertiary/aromatic N) is 1. The van der Waals surface area contributed by atoms with E-state index < -0.39 is 0 Å². The van der Waals surface area contributed by atoms with Crippen LogP contribution in [-0.4, -0.2) is 18.6 Å². The highest BCUT2D eigenvalue weighted by Gasteiger charge is 2.18. The molecule has 0 saturated carbocycles. The molecule has 2 rings (SSSR count). The summed E-state index contributed by atoms with van der Waals surface area (Å²) in [6.07, 6.45) is 0. The molecule has 0 aliphatic carbocycles. The first-order valence-corrected chi connectivity index (χ1v) is 8.22. The van der Waals surface area contributed by atoms with Crippen LogP contribution in [-0.2, 0) is 13.1 Å².